The average Bonchev–Trinajstić information content (AvgIpc) is 2.48. The lowest BCUT2D eigenvalue weighted by Crippen LogP contribution is -1.90. The Hall–Kier alpha value is -2.41. The number of hydrogen-bond donors (Lipinski definition) is 0. The van der Waals surface area contributed by atoms with Gasteiger partial charge in [0.05, 0.1) is 5.69 Å². The predicted octanol–water partition coefficient (Wildman–Crippen LogP) is 5.03. The molecule has 1 heterocycles. The zero-order valence-electron chi connectivity index (χ0n) is 11.8. The van der Waals surface area contributed by atoms with E-state index < -0.39 is 0 Å². The number of nitrogens with zero attached hydrogens (tertiary/aromatic N) is 1. The molecule has 0 fully saturated rings. The van der Waals surface area contributed by atoms with Crippen LogP contribution in [-0.4, -0.2) is 4.98 Å². The fourth-order valence-corrected chi connectivity index (χ4v) is 2.49. The molecule has 0 saturated heterocycles. The maximum atomic E-state index is 4.58. The van der Waals surface area contributed by atoms with Crippen LogP contribution in [-0.2, 0) is 0 Å². The molecule has 0 atom stereocenters. The van der Waals surface area contributed by atoms with Crippen molar-refractivity contribution in [1.29, 1.82) is 0 Å². The summed E-state index contributed by atoms with van der Waals surface area (Å²) in [6.07, 6.45) is 1.93. The van der Waals surface area contributed by atoms with E-state index in [1.54, 1.807) is 0 Å². The molecule has 98 valence electrons. The number of benzene rings is 2. The zero-order chi connectivity index (χ0) is 13.9. The van der Waals surface area contributed by atoms with Crippen LogP contribution >= 0.6 is 0 Å². The van der Waals surface area contributed by atoms with Gasteiger partial charge in [0, 0.05) is 11.8 Å². The Morgan fingerprint density at radius 2 is 1.40 bits per heavy atom. The van der Waals surface area contributed by atoms with Crippen LogP contribution in [0.1, 0.15) is 11.1 Å². The summed E-state index contributed by atoms with van der Waals surface area (Å²) in [4.78, 5) is 4.58. The maximum absolute atomic E-state index is 4.58. The van der Waals surface area contributed by atoms with E-state index >= 15 is 0 Å². The van der Waals surface area contributed by atoms with Crippen molar-refractivity contribution in [2.24, 2.45) is 0 Å². The van der Waals surface area contributed by atoms with Gasteiger partial charge >= 0.3 is 0 Å². The molecule has 1 nitrogen and oxygen atoms in total. The van der Waals surface area contributed by atoms with Gasteiger partial charge in [0.2, 0.25) is 0 Å². The molecular weight excluding hydrogens is 242 g/mol. The van der Waals surface area contributed by atoms with E-state index in [9.17, 15) is 0 Å². The fourth-order valence-electron chi connectivity index (χ4n) is 2.49. The molecular formula is C19H17N. The number of hydrogen-bond acceptors (Lipinski definition) is 1. The van der Waals surface area contributed by atoms with Crippen molar-refractivity contribution in [3.63, 3.8) is 0 Å². The Morgan fingerprint density at radius 1 is 0.700 bits per heavy atom. The summed E-state index contributed by atoms with van der Waals surface area (Å²) in [5, 5.41) is 0. The van der Waals surface area contributed by atoms with E-state index in [2.05, 4.69) is 73.4 Å². The molecule has 0 unspecified atom stereocenters. The van der Waals surface area contributed by atoms with Crippen LogP contribution in [0.25, 0.3) is 22.4 Å². The van der Waals surface area contributed by atoms with Crippen molar-refractivity contribution < 1.29 is 0 Å². The highest BCUT2D eigenvalue weighted by atomic mass is 14.7. The van der Waals surface area contributed by atoms with E-state index in [4.69, 9.17) is 0 Å². The molecule has 0 spiro atoms. The lowest BCUT2D eigenvalue weighted by atomic mass is 9.99. The van der Waals surface area contributed by atoms with Crippen molar-refractivity contribution in [1.82, 2.24) is 4.98 Å². The lowest BCUT2D eigenvalue weighted by molar-refractivity contribution is 1.22. The van der Waals surface area contributed by atoms with Crippen LogP contribution in [0.15, 0.2) is 66.9 Å². The third kappa shape index (κ3) is 2.48. The van der Waals surface area contributed by atoms with Gasteiger partial charge in [0.15, 0.2) is 0 Å². The molecule has 1 aromatic heterocycles. The van der Waals surface area contributed by atoms with E-state index in [0.717, 1.165) is 5.69 Å². The summed E-state index contributed by atoms with van der Waals surface area (Å²) in [5.41, 5.74) is 7.11. The quantitative estimate of drug-likeness (QED) is 0.628. The minimum Gasteiger partial charge on any atom is -0.256 e. The highest BCUT2D eigenvalue weighted by molar-refractivity contribution is 5.72. The Kier molecular flexibility index (Phi) is 3.34. The van der Waals surface area contributed by atoms with Gasteiger partial charge in [-0.1, -0.05) is 54.6 Å². The SMILES string of the molecule is Cc1cnc(-c2cccc(-c3ccccc3)c2)c(C)c1. The van der Waals surface area contributed by atoms with E-state index in [-0.39, 0.29) is 0 Å². The van der Waals surface area contributed by atoms with Crippen LogP contribution < -0.4 is 0 Å². The van der Waals surface area contributed by atoms with Gasteiger partial charge in [0.25, 0.3) is 0 Å². The maximum Gasteiger partial charge on any atom is 0.0731 e. The first-order valence-corrected chi connectivity index (χ1v) is 6.83. The summed E-state index contributed by atoms with van der Waals surface area (Å²) in [7, 11) is 0. The first-order chi connectivity index (χ1) is 9.74. The number of pyridine rings is 1. The average molecular weight is 259 g/mol. The fraction of sp³-hybridized carbons (Fsp3) is 0.105. The van der Waals surface area contributed by atoms with Gasteiger partial charge in [-0.05, 0) is 42.2 Å². The minimum atomic E-state index is 1.06. The van der Waals surface area contributed by atoms with E-state index in [0.29, 0.717) is 0 Å². The molecule has 0 radical (unpaired) electrons. The molecule has 1 heteroatoms. The molecule has 3 rings (SSSR count). The van der Waals surface area contributed by atoms with Crippen LogP contribution in [0.2, 0.25) is 0 Å². The molecule has 0 aliphatic rings. The molecule has 0 aliphatic carbocycles. The van der Waals surface area contributed by atoms with E-state index in [1.807, 2.05) is 12.3 Å². The molecule has 0 bridgehead atoms. The molecule has 0 amide bonds. The van der Waals surface area contributed by atoms with Crippen molar-refractivity contribution >= 4 is 0 Å². The number of aryl methyl sites for hydroxylation is 2. The Bertz CT molecular complexity index is 730. The third-order valence-electron chi connectivity index (χ3n) is 3.46. The predicted molar refractivity (Wildman–Crippen MR) is 84.6 cm³/mol. The highest BCUT2D eigenvalue weighted by Crippen LogP contribution is 2.27. The molecule has 0 saturated carbocycles. The Morgan fingerprint density at radius 3 is 2.15 bits per heavy atom. The normalized spacial score (nSPS) is 10.5. The number of aromatic nitrogens is 1. The molecule has 2 aromatic carbocycles. The van der Waals surface area contributed by atoms with Gasteiger partial charge in [0.1, 0.15) is 0 Å². The van der Waals surface area contributed by atoms with Crippen LogP contribution in [0, 0.1) is 13.8 Å². The molecule has 20 heavy (non-hydrogen) atoms. The van der Waals surface area contributed by atoms with Crippen molar-refractivity contribution in [3.05, 3.63) is 78.0 Å². The standard InChI is InChI=1S/C19H17N/c1-14-11-15(2)19(20-13-14)18-10-6-9-17(12-18)16-7-4-3-5-8-16/h3-13H,1-2H3. The van der Waals surface area contributed by atoms with Crippen LogP contribution in [0.3, 0.4) is 0 Å². The summed E-state index contributed by atoms with van der Waals surface area (Å²) < 4.78 is 0. The third-order valence-corrected chi connectivity index (χ3v) is 3.46. The largest absolute Gasteiger partial charge is 0.256 e. The van der Waals surface area contributed by atoms with Crippen molar-refractivity contribution in [3.8, 4) is 22.4 Å². The second-order valence-electron chi connectivity index (χ2n) is 5.13. The topological polar surface area (TPSA) is 12.9 Å². The minimum absolute atomic E-state index is 1.06. The molecule has 0 N–H and O–H groups in total. The lowest BCUT2D eigenvalue weighted by Gasteiger charge is -2.08. The zero-order valence-corrected chi connectivity index (χ0v) is 11.8. The Balaban J connectivity index is 2.08. The van der Waals surface area contributed by atoms with Crippen LogP contribution in [0.5, 0.6) is 0 Å². The summed E-state index contributed by atoms with van der Waals surface area (Å²) in [6.45, 7) is 4.19. The van der Waals surface area contributed by atoms with Crippen molar-refractivity contribution in [2.75, 3.05) is 0 Å². The first-order valence-electron chi connectivity index (χ1n) is 6.83. The van der Waals surface area contributed by atoms with Gasteiger partial charge in [-0.25, -0.2) is 0 Å². The monoisotopic (exact) mass is 259 g/mol. The second-order valence-corrected chi connectivity index (χ2v) is 5.13. The number of rotatable bonds is 2. The van der Waals surface area contributed by atoms with Gasteiger partial charge in [-0.3, -0.25) is 4.98 Å². The van der Waals surface area contributed by atoms with Gasteiger partial charge < -0.3 is 0 Å². The summed E-state index contributed by atoms with van der Waals surface area (Å²) >= 11 is 0. The van der Waals surface area contributed by atoms with Crippen LogP contribution in [0.4, 0.5) is 0 Å². The Labute approximate surface area is 119 Å². The van der Waals surface area contributed by atoms with Gasteiger partial charge in [-0.2, -0.15) is 0 Å². The van der Waals surface area contributed by atoms with Gasteiger partial charge in [-0.15, -0.1) is 0 Å². The summed E-state index contributed by atoms with van der Waals surface area (Å²) in [6, 6.07) is 21.2. The molecule has 0 aliphatic heterocycles. The summed E-state index contributed by atoms with van der Waals surface area (Å²) in [5.74, 6) is 0. The molecule has 3 aromatic rings. The first kappa shape index (κ1) is 12.6. The highest BCUT2D eigenvalue weighted by Gasteiger charge is 2.05. The van der Waals surface area contributed by atoms with Crippen molar-refractivity contribution in [2.45, 2.75) is 13.8 Å². The second kappa shape index (κ2) is 5.30. The van der Waals surface area contributed by atoms with E-state index in [1.165, 1.54) is 27.8 Å². The smallest absolute Gasteiger partial charge is 0.0731 e.